The molecule has 0 atom stereocenters. The number of rotatable bonds is 3. The van der Waals surface area contributed by atoms with Crippen LogP contribution in [0.3, 0.4) is 0 Å². The summed E-state index contributed by atoms with van der Waals surface area (Å²) in [5, 5.41) is 14.4. The van der Waals surface area contributed by atoms with E-state index in [2.05, 4.69) is 26.1 Å². The summed E-state index contributed by atoms with van der Waals surface area (Å²) in [6, 6.07) is 2.65. The molecule has 0 bridgehead atoms. The largest absolute Gasteiger partial charge is 0.433 e. The van der Waals surface area contributed by atoms with Gasteiger partial charge in [-0.15, -0.1) is 0 Å². The van der Waals surface area contributed by atoms with Crippen LogP contribution in [-0.2, 0) is 5.33 Å². The standard InChI is InChI=1S/C7H4BrN3O4/c8-3-5-9-7(10-15-5)4-1-2-6(14-4)11(12)13/h1-2H,3H2. The summed E-state index contributed by atoms with van der Waals surface area (Å²) < 4.78 is 9.69. The molecule has 2 rings (SSSR count). The third-order valence-corrected chi connectivity index (χ3v) is 2.05. The Morgan fingerprint density at radius 1 is 1.53 bits per heavy atom. The Labute approximate surface area is 91.4 Å². The second-order valence-electron chi connectivity index (χ2n) is 2.54. The van der Waals surface area contributed by atoms with E-state index in [0.717, 1.165) is 0 Å². The van der Waals surface area contributed by atoms with E-state index in [4.69, 9.17) is 8.94 Å². The van der Waals surface area contributed by atoms with Crippen molar-refractivity contribution in [3.05, 3.63) is 28.1 Å². The highest BCUT2D eigenvalue weighted by Gasteiger charge is 2.16. The summed E-state index contributed by atoms with van der Waals surface area (Å²) in [6.07, 6.45) is 0. The maximum absolute atomic E-state index is 10.3. The third-order valence-electron chi connectivity index (χ3n) is 1.57. The van der Waals surface area contributed by atoms with E-state index in [-0.39, 0.29) is 17.5 Å². The van der Waals surface area contributed by atoms with E-state index in [9.17, 15) is 10.1 Å². The highest BCUT2D eigenvalue weighted by Crippen LogP contribution is 2.23. The maximum Gasteiger partial charge on any atom is 0.433 e. The van der Waals surface area contributed by atoms with Gasteiger partial charge in [-0.3, -0.25) is 10.1 Å². The van der Waals surface area contributed by atoms with Gasteiger partial charge in [0.25, 0.3) is 0 Å². The van der Waals surface area contributed by atoms with Gasteiger partial charge in [0, 0.05) is 0 Å². The van der Waals surface area contributed by atoms with Gasteiger partial charge < -0.3 is 8.94 Å². The average Bonchev–Trinajstić information content (AvgIpc) is 2.86. The molecule has 8 heteroatoms. The van der Waals surface area contributed by atoms with Crippen LogP contribution in [0, 0.1) is 10.1 Å². The van der Waals surface area contributed by atoms with E-state index in [1.165, 1.54) is 12.1 Å². The molecule has 0 radical (unpaired) electrons. The van der Waals surface area contributed by atoms with Crippen molar-refractivity contribution in [2.75, 3.05) is 0 Å². The number of alkyl halides is 1. The zero-order valence-corrected chi connectivity index (χ0v) is 8.80. The molecule has 0 fully saturated rings. The minimum atomic E-state index is -0.630. The van der Waals surface area contributed by atoms with Crippen LogP contribution in [-0.4, -0.2) is 15.1 Å². The lowest BCUT2D eigenvalue weighted by molar-refractivity contribution is -0.401. The first kappa shape index (κ1) is 9.84. The second kappa shape index (κ2) is 3.81. The molecule has 0 saturated heterocycles. The minimum Gasteiger partial charge on any atom is -0.397 e. The van der Waals surface area contributed by atoms with Gasteiger partial charge in [-0.05, 0) is 6.07 Å². The van der Waals surface area contributed by atoms with E-state index >= 15 is 0 Å². The molecule has 2 aromatic rings. The van der Waals surface area contributed by atoms with Gasteiger partial charge >= 0.3 is 5.88 Å². The first-order valence-electron chi connectivity index (χ1n) is 3.84. The van der Waals surface area contributed by atoms with Crippen LogP contribution in [0.2, 0.25) is 0 Å². The first-order valence-corrected chi connectivity index (χ1v) is 4.96. The highest BCUT2D eigenvalue weighted by molar-refractivity contribution is 9.08. The number of nitro groups is 1. The molecule has 0 unspecified atom stereocenters. The van der Waals surface area contributed by atoms with Gasteiger partial charge in [0.2, 0.25) is 11.7 Å². The Hall–Kier alpha value is -1.70. The monoisotopic (exact) mass is 273 g/mol. The summed E-state index contributed by atoms with van der Waals surface area (Å²) in [7, 11) is 0. The van der Waals surface area contributed by atoms with Crippen molar-refractivity contribution in [1.82, 2.24) is 10.1 Å². The summed E-state index contributed by atoms with van der Waals surface area (Å²) in [5.74, 6) is 0.425. The molecule has 0 aliphatic rings. The van der Waals surface area contributed by atoms with Gasteiger partial charge in [-0.25, -0.2) is 0 Å². The smallest absolute Gasteiger partial charge is 0.397 e. The molecule has 78 valence electrons. The van der Waals surface area contributed by atoms with Crippen LogP contribution in [0.5, 0.6) is 0 Å². The molecular weight excluding hydrogens is 270 g/mol. The van der Waals surface area contributed by atoms with Gasteiger partial charge in [-0.1, -0.05) is 21.1 Å². The number of hydrogen-bond donors (Lipinski definition) is 0. The van der Waals surface area contributed by atoms with Crippen molar-refractivity contribution < 1.29 is 13.9 Å². The Balaban J connectivity index is 2.32. The number of nitrogens with zero attached hydrogens (tertiary/aromatic N) is 3. The molecule has 2 heterocycles. The van der Waals surface area contributed by atoms with Gasteiger partial charge in [0.15, 0.2) is 5.76 Å². The number of hydrogen-bond acceptors (Lipinski definition) is 6. The van der Waals surface area contributed by atoms with Crippen molar-refractivity contribution in [3.8, 4) is 11.6 Å². The fourth-order valence-corrected chi connectivity index (χ4v) is 1.18. The lowest BCUT2D eigenvalue weighted by atomic mass is 10.4. The second-order valence-corrected chi connectivity index (χ2v) is 3.10. The molecule has 0 N–H and O–H groups in total. The Morgan fingerprint density at radius 3 is 2.87 bits per heavy atom. The number of furan rings is 1. The Kier molecular flexibility index (Phi) is 2.50. The maximum atomic E-state index is 10.3. The van der Waals surface area contributed by atoms with Crippen molar-refractivity contribution in [1.29, 1.82) is 0 Å². The predicted octanol–water partition coefficient (Wildman–Crippen LogP) is 2.13. The van der Waals surface area contributed by atoms with Gasteiger partial charge in [0.05, 0.1) is 11.4 Å². The summed E-state index contributed by atoms with van der Waals surface area (Å²) in [5.41, 5.74) is 0. The quantitative estimate of drug-likeness (QED) is 0.483. The topological polar surface area (TPSA) is 95.2 Å². The summed E-state index contributed by atoms with van der Waals surface area (Å²) >= 11 is 3.14. The normalized spacial score (nSPS) is 10.5. The van der Waals surface area contributed by atoms with Crippen LogP contribution >= 0.6 is 15.9 Å². The highest BCUT2D eigenvalue weighted by atomic mass is 79.9. The average molecular weight is 274 g/mol. The van der Waals surface area contributed by atoms with Crippen molar-refractivity contribution in [2.45, 2.75) is 5.33 Å². The Bertz CT molecular complexity index is 492. The van der Waals surface area contributed by atoms with Crippen molar-refractivity contribution in [3.63, 3.8) is 0 Å². The molecule has 0 spiro atoms. The lowest BCUT2D eigenvalue weighted by Crippen LogP contribution is -1.83. The molecular formula is C7H4BrN3O4. The molecule has 0 saturated carbocycles. The van der Waals surface area contributed by atoms with Gasteiger partial charge in [-0.2, -0.15) is 4.98 Å². The van der Waals surface area contributed by atoms with Crippen LogP contribution in [0.1, 0.15) is 5.89 Å². The summed E-state index contributed by atoms with van der Waals surface area (Å²) in [4.78, 5) is 13.6. The molecule has 0 amide bonds. The number of halogens is 1. The SMILES string of the molecule is O=[N+]([O-])c1ccc(-c2noc(CBr)n2)o1. The van der Waals surface area contributed by atoms with Crippen molar-refractivity contribution in [2.24, 2.45) is 0 Å². The van der Waals surface area contributed by atoms with Crippen LogP contribution in [0.25, 0.3) is 11.6 Å². The van der Waals surface area contributed by atoms with E-state index in [1.807, 2.05) is 0 Å². The molecule has 2 aromatic heterocycles. The van der Waals surface area contributed by atoms with E-state index < -0.39 is 4.92 Å². The van der Waals surface area contributed by atoms with E-state index in [1.54, 1.807) is 0 Å². The third kappa shape index (κ3) is 1.89. The predicted molar refractivity (Wildman–Crippen MR) is 51.3 cm³/mol. The zero-order valence-electron chi connectivity index (χ0n) is 7.21. The lowest BCUT2D eigenvalue weighted by Gasteiger charge is -1.83. The molecule has 0 aliphatic carbocycles. The molecule has 15 heavy (non-hydrogen) atoms. The van der Waals surface area contributed by atoms with Crippen LogP contribution in [0.15, 0.2) is 21.1 Å². The molecule has 0 aliphatic heterocycles. The minimum absolute atomic E-state index is 0.192. The van der Waals surface area contributed by atoms with Crippen LogP contribution in [0.4, 0.5) is 5.88 Å². The first-order chi connectivity index (χ1) is 7.20. The summed E-state index contributed by atoms with van der Waals surface area (Å²) in [6.45, 7) is 0. The molecule has 0 aromatic carbocycles. The van der Waals surface area contributed by atoms with Crippen LogP contribution < -0.4 is 0 Å². The van der Waals surface area contributed by atoms with Crippen molar-refractivity contribution >= 4 is 21.8 Å². The zero-order chi connectivity index (χ0) is 10.8. The fraction of sp³-hybridized carbons (Fsp3) is 0.143. The number of aromatic nitrogens is 2. The Morgan fingerprint density at radius 2 is 2.33 bits per heavy atom. The fourth-order valence-electron chi connectivity index (χ4n) is 0.955. The van der Waals surface area contributed by atoms with Gasteiger partial charge in [0.1, 0.15) is 4.92 Å². The van der Waals surface area contributed by atoms with E-state index in [0.29, 0.717) is 11.2 Å². The molecule has 7 nitrogen and oxygen atoms in total.